The Balaban J connectivity index is 2.95. The summed E-state index contributed by atoms with van der Waals surface area (Å²) < 4.78 is 1.68. The summed E-state index contributed by atoms with van der Waals surface area (Å²) in [7, 11) is 1.82. The van der Waals surface area contributed by atoms with Crippen LogP contribution in [0.3, 0.4) is 0 Å². The van der Waals surface area contributed by atoms with Gasteiger partial charge in [0.2, 0.25) is 0 Å². The summed E-state index contributed by atoms with van der Waals surface area (Å²) in [5.41, 5.74) is 7.32. The zero-order valence-corrected chi connectivity index (χ0v) is 13.4. The van der Waals surface area contributed by atoms with Gasteiger partial charge in [-0.15, -0.1) is 0 Å². The molecule has 0 saturated carbocycles. The lowest BCUT2D eigenvalue weighted by atomic mass is 9.93. The van der Waals surface area contributed by atoms with Crippen LogP contribution >= 0.6 is 0 Å². The third-order valence-electron chi connectivity index (χ3n) is 3.46. The van der Waals surface area contributed by atoms with Crippen molar-refractivity contribution in [1.29, 1.82) is 0 Å². The van der Waals surface area contributed by atoms with E-state index in [9.17, 15) is 4.79 Å². The van der Waals surface area contributed by atoms with E-state index in [4.69, 9.17) is 5.73 Å². The van der Waals surface area contributed by atoms with E-state index in [-0.39, 0.29) is 11.3 Å². The molecule has 0 atom stereocenters. The number of carbonyl (C=O) groups excluding carboxylic acids is 1. The molecule has 0 aliphatic rings. The number of nitrogens with two attached hydrogens (primary N) is 1. The van der Waals surface area contributed by atoms with Crippen LogP contribution in [0.2, 0.25) is 0 Å². The third kappa shape index (κ3) is 4.07. The zero-order chi connectivity index (χ0) is 15.3. The lowest BCUT2D eigenvalue weighted by Gasteiger charge is -2.31. The van der Waals surface area contributed by atoms with E-state index in [1.54, 1.807) is 4.68 Å². The van der Waals surface area contributed by atoms with Gasteiger partial charge in [0.15, 0.2) is 0 Å². The Morgan fingerprint density at radius 3 is 2.55 bits per heavy atom. The van der Waals surface area contributed by atoms with Crippen molar-refractivity contribution in [3.63, 3.8) is 0 Å². The number of hydrogen-bond acceptors (Lipinski definition) is 3. The Morgan fingerprint density at radius 2 is 2.10 bits per heavy atom. The minimum Gasteiger partial charge on any atom is -0.337 e. The highest BCUT2D eigenvalue weighted by atomic mass is 16.2. The molecule has 5 heteroatoms. The summed E-state index contributed by atoms with van der Waals surface area (Å²) in [6, 6.07) is 1.89. The molecule has 0 bridgehead atoms. The monoisotopic (exact) mass is 280 g/mol. The lowest BCUT2D eigenvalue weighted by Crippen LogP contribution is -2.43. The molecular weight excluding hydrogens is 252 g/mol. The molecule has 1 aromatic heterocycles. The van der Waals surface area contributed by atoms with Crippen LogP contribution < -0.4 is 5.73 Å². The summed E-state index contributed by atoms with van der Waals surface area (Å²) in [5, 5.41) is 4.35. The second-order valence-corrected chi connectivity index (χ2v) is 6.09. The van der Waals surface area contributed by atoms with Crippen molar-refractivity contribution in [2.24, 2.45) is 18.2 Å². The Bertz CT molecular complexity index is 451. The smallest absolute Gasteiger partial charge is 0.272 e. The molecule has 1 amide bonds. The first-order valence-electron chi connectivity index (χ1n) is 7.37. The van der Waals surface area contributed by atoms with Gasteiger partial charge < -0.3 is 10.6 Å². The minimum atomic E-state index is -0.0724. The van der Waals surface area contributed by atoms with Gasteiger partial charge in [0.25, 0.3) is 5.91 Å². The highest BCUT2D eigenvalue weighted by Gasteiger charge is 2.25. The maximum Gasteiger partial charge on any atom is 0.272 e. The summed E-state index contributed by atoms with van der Waals surface area (Å²) >= 11 is 0. The third-order valence-corrected chi connectivity index (χ3v) is 3.46. The van der Waals surface area contributed by atoms with Crippen LogP contribution in [0.5, 0.6) is 0 Å². The molecule has 0 unspecified atom stereocenters. The molecule has 2 N–H and O–H groups in total. The van der Waals surface area contributed by atoms with Crippen LogP contribution in [0.25, 0.3) is 0 Å². The molecule has 1 aromatic rings. The fourth-order valence-electron chi connectivity index (χ4n) is 2.17. The number of nitrogens with zero attached hydrogens (tertiary/aromatic N) is 3. The van der Waals surface area contributed by atoms with Gasteiger partial charge in [0, 0.05) is 20.1 Å². The van der Waals surface area contributed by atoms with Crippen molar-refractivity contribution >= 4 is 5.91 Å². The Labute approximate surface area is 122 Å². The molecular formula is C15H28N4O. The van der Waals surface area contributed by atoms with E-state index < -0.39 is 0 Å². The van der Waals surface area contributed by atoms with Crippen LogP contribution in [0, 0.1) is 5.41 Å². The zero-order valence-electron chi connectivity index (χ0n) is 13.4. The molecule has 0 aliphatic heterocycles. The fourth-order valence-corrected chi connectivity index (χ4v) is 2.17. The number of aryl methyl sites for hydroxylation is 2. The molecule has 0 aliphatic carbocycles. The van der Waals surface area contributed by atoms with Gasteiger partial charge in [0.05, 0.1) is 5.69 Å². The first-order valence-corrected chi connectivity index (χ1v) is 7.37. The van der Waals surface area contributed by atoms with Gasteiger partial charge in [-0.25, -0.2) is 0 Å². The standard InChI is InChI=1S/C15H28N4O/c1-6-8-19(11-15(3,4)10-16)14(20)13-9-12(7-2)17-18(13)5/h9H,6-8,10-11,16H2,1-5H3. The molecule has 1 heterocycles. The number of rotatable bonds is 7. The van der Waals surface area contributed by atoms with Crippen LogP contribution in [-0.4, -0.2) is 40.2 Å². The van der Waals surface area contributed by atoms with Gasteiger partial charge in [0.1, 0.15) is 5.69 Å². The lowest BCUT2D eigenvalue weighted by molar-refractivity contribution is 0.0678. The molecule has 1 rings (SSSR count). The van der Waals surface area contributed by atoms with Crippen molar-refractivity contribution in [2.45, 2.75) is 40.5 Å². The van der Waals surface area contributed by atoms with Gasteiger partial charge in [-0.2, -0.15) is 5.10 Å². The number of hydrogen-bond donors (Lipinski definition) is 1. The normalized spacial score (nSPS) is 11.7. The van der Waals surface area contributed by atoms with Crippen molar-refractivity contribution in [3.05, 3.63) is 17.5 Å². The van der Waals surface area contributed by atoms with Crippen LogP contribution in [-0.2, 0) is 13.5 Å². The van der Waals surface area contributed by atoms with E-state index in [1.165, 1.54) is 0 Å². The molecule has 0 fully saturated rings. The largest absolute Gasteiger partial charge is 0.337 e. The van der Waals surface area contributed by atoms with Gasteiger partial charge >= 0.3 is 0 Å². The van der Waals surface area contributed by atoms with Gasteiger partial charge in [-0.1, -0.05) is 27.7 Å². The quantitative estimate of drug-likeness (QED) is 0.828. The summed E-state index contributed by atoms with van der Waals surface area (Å²) in [6.07, 6.45) is 1.77. The summed E-state index contributed by atoms with van der Waals surface area (Å²) in [6.45, 7) is 10.3. The summed E-state index contributed by atoms with van der Waals surface area (Å²) in [4.78, 5) is 14.6. The topological polar surface area (TPSA) is 64.2 Å². The Hall–Kier alpha value is -1.36. The van der Waals surface area contributed by atoms with Gasteiger partial charge in [-0.3, -0.25) is 9.48 Å². The predicted octanol–water partition coefficient (Wildman–Crippen LogP) is 1.82. The maximum atomic E-state index is 12.7. The SMILES string of the molecule is CCCN(CC(C)(C)CN)C(=O)c1cc(CC)nn1C. The molecule has 0 radical (unpaired) electrons. The van der Waals surface area contributed by atoms with Crippen molar-refractivity contribution in [1.82, 2.24) is 14.7 Å². The highest BCUT2D eigenvalue weighted by molar-refractivity contribution is 5.92. The summed E-state index contributed by atoms with van der Waals surface area (Å²) in [5.74, 6) is 0.0445. The van der Waals surface area contributed by atoms with E-state index in [1.807, 2.05) is 24.9 Å². The molecule has 0 saturated heterocycles. The Morgan fingerprint density at radius 1 is 1.45 bits per heavy atom. The van der Waals surface area contributed by atoms with Crippen LogP contribution in [0.15, 0.2) is 6.07 Å². The van der Waals surface area contributed by atoms with Crippen LogP contribution in [0.1, 0.15) is 50.3 Å². The first-order chi connectivity index (χ1) is 9.34. The second-order valence-electron chi connectivity index (χ2n) is 6.09. The fraction of sp³-hybridized carbons (Fsp3) is 0.733. The van der Waals surface area contributed by atoms with Crippen molar-refractivity contribution in [2.75, 3.05) is 19.6 Å². The minimum absolute atomic E-state index is 0.0445. The van der Waals surface area contributed by atoms with E-state index in [0.29, 0.717) is 18.8 Å². The maximum absolute atomic E-state index is 12.7. The molecule has 114 valence electrons. The number of carbonyl (C=O) groups is 1. The number of amides is 1. The van der Waals surface area contributed by atoms with E-state index in [0.717, 1.165) is 25.1 Å². The van der Waals surface area contributed by atoms with Crippen molar-refractivity contribution in [3.8, 4) is 0 Å². The molecule has 0 aromatic carbocycles. The van der Waals surface area contributed by atoms with E-state index >= 15 is 0 Å². The Kier molecular flexibility index (Phi) is 5.74. The van der Waals surface area contributed by atoms with Crippen molar-refractivity contribution < 1.29 is 4.79 Å². The second kappa shape index (κ2) is 6.88. The van der Waals surface area contributed by atoms with Crippen LogP contribution in [0.4, 0.5) is 0 Å². The first kappa shape index (κ1) is 16.7. The number of aromatic nitrogens is 2. The van der Waals surface area contributed by atoms with E-state index in [2.05, 4.69) is 25.9 Å². The molecule has 5 nitrogen and oxygen atoms in total. The molecule has 20 heavy (non-hydrogen) atoms. The predicted molar refractivity (Wildman–Crippen MR) is 81.6 cm³/mol. The van der Waals surface area contributed by atoms with Gasteiger partial charge in [-0.05, 0) is 30.9 Å². The average molecular weight is 280 g/mol. The molecule has 0 spiro atoms. The average Bonchev–Trinajstić information content (AvgIpc) is 2.78. The highest BCUT2D eigenvalue weighted by Crippen LogP contribution is 2.17.